The van der Waals surface area contributed by atoms with Crippen LogP contribution in [-0.2, 0) is 5.60 Å². The number of hydrogen-bond acceptors (Lipinski definition) is 5. The summed E-state index contributed by atoms with van der Waals surface area (Å²) in [7, 11) is 1.60. The Morgan fingerprint density at radius 3 is 2.71 bits per heavy atom. The van der Waals surface area contributed by atoms with Crippen molar-refractivity contribution in [2.24, 2.45) is 0 Å². The Morgan fingerprint density at radius 1 is 1.42 bits per heavy atom. The molecule has 0 radical (unpaired) electrons. The molecule has 24 heavy (non-hydrogen) atoms. The Bertz CT molecular complexity index is 721. The smallest absolute Gasteiger partial charge is 0.292 e. The molecule has 2 heterocycles. The van der Waals surface area contributed by atoms with Gasteiger partial charge >= 0.3 is 0 Å². The molecule has 1 amide bonds. The molecule has 1 aromatic heterocycles. The van der Waals surface area contributed by atoms with Crippen molar-refractivity contribution in [2.75, 3.05) is 13.7 Å². The standard InChI is InChI=1S/C18H22N2O4/c1-12-11-15(24-19-12)17(21)20-10-4-5-16(20)18(2,22)13-6-8-14(23-3)9-7-13/h6-9,11,16,22H,4-5,10H2,1-3H3/t16-,18-/m0/s1. The predicted octanol–water partition coefficient (Wildman–Crippen LogP) is 2.50. The van der Waals surface area contributed by atoms with Crippen molar-refractivity contribution in [2.45, 2.75) is 38.3 Å². The van der Waals surface area contributed by atoms with E-state index in [0.717, 1.165) is 24.2 Å². The number of amides is 1. The minimum absolute atomic E-state index is 0.213. The zero-order chi connectivity index (χ0) is 17.3. The largest absolute Gasteiger partial charge is 0.497 e. The highest BCUT2D eigenvalue weighted by atomic mass is 16.5. The number of methoxy groups -OCH3 is 1. The highest BCUT2D eigenvalue weighted by Gasteiger charge is 2.43. The SMILES string of the molecule is COc1ccc([C@](C)(O)[C@@H]2CCCN2C(=O)c2cc(C)no2)cc1. The van der Waals surface area contributed by atoms with Gasteiger partial charge in [-0.25, -0.2) is 0 Å². The highest BCUT2D eigenvalue weighted by Crippen LogP contribution is 2.36. The van der Waals surface area contributed by atoms with E-state index in [-0.39, 0.29) is 17.7 Å². The van der Waals surface area contributed by atoms with Crippen LogP contribution in [-0.4, -0.2) is 40.8 Å². The van der Waals surface area contributed by atoms with Crippen LogP contribution in [0, 0.1) is 6.92 Å². The highest BCUT2D eigenvalue weighted by molar-refractivity contribution is 5.92. The monoisotopic (exact) mass is 330 g/mol. The van der Waals surface area contributed by atoms with E-state index in [4.69, 9.17) is 9.26 Å². The first-order valence-corrected chi connectivity index (χ1v) is 8.04. The van der Waals surface area contributed by atoms with Crippen LogP contribution in [0.5, 0.6) is 5.75 Å². The van der Waals surface area contributed by atoms with E-state index < -0.39 is 5.60 Å². The molecule has 128 valence electrons. The molecule has 1 aromatic carbocycles. The van der Waals surface area contributed by atoms with Crippen LogP contribution >= 0.6 is 0 Å². The summed E-state index contributed by atoms with van der Waals surface area (Å²) >= 11 is 0. The molecule has 0 bridgehead atoms. The Balaban J connectivity index is 1.86. The summed E-state index contributed by atoms with van der Waals surface area (Å²) < 4.78 is 10.3. The zero-order valence-corrected chi connectivity index (χ0v) is 14.2. The average Bonchev–Trinajstić information content (AvgIpc) is 3.23. The van der Waals surface area contributed by atoms with Crippen LogP contribution in [0.25, 0.3) is 0 Å². The van der Waals surface area contributed by atoms with Crippen molar-refractivity contribution in [1.29, 1.82) is 0 Å². The Morgan fingerprint density at radius 2 is 2.12 bits per heavy atom. The van der Waals surface area contributed by atoms with Crippen molar-refractivity contribution < 1.29 is 19.2 Å². The van der Waals surface area contributed by atoms with Gasteiger partial charge in [0.05, 0.1) is 18.8 Å². The number of aliphatic hydroxyl groups is 1. The number of hydrogen-bond donors (Lipinski definition) is 1. The summed E-state index contributed by atoms with van der Waals surface area (Å²) in [6.45, 7) is 4.11. The van der Waals surface area contributed by atoms with Gasteiger partial charge in [0.25, 0.3) is 5.91 Å². The topological polar surface area (TPSA) is 75.8 Å². The lowest BCUT2D eigenvalue weighted by atomic mass is 9.86. The molecule has 0 spiro atoms. The first kappa shape index (κ1) is 16.5. The fourth-order valence-electron chi connectivity index (χ4n) is 3.32. The summed E-state index contributed by atoms with van der Waals surface area (Å²) in [4.78, 5) is 14.4. The maximum atomic E-state index is 12.7. The average molecular weight is 330 g/mol. The summed E-state index contributed by atoms with van der Waals surface area (Å²) in [5, 5.41) is 14.9. The van der Waals surface area contributed by atoms with Gasteiger partial charge in [-0.3, -0.25) is 4.79 Å². The van der Waals surface area contributed by atoms with Crippen LogP contribution in [0.1, 0.15) is 41.6 Å². The van der Waals surface area contributed by atoms with E-state index in [9.17, 15) is 9.90 Å². The maximum Gasteiger partial charge on any atom is 0.292 e. The molecule has 1 fully saturated rings. The molecule has 1 N–H and O–H groups in total. The summed E-state index contributed by atoms with van der Waals surface area (Å²) in [5.41, 5.74) is 0.255. The number of nitrogens with zero attached hydrogens (tertiary/aromatic N) is 2. The minimum atomic E-state index is -1.16. The molecule has 1 aliphatic heterocycles. The molecule has 3 rings (SSSR count). The van der Waals surface area contributed by atoms with Crippen LogP contribution in [0.3, 0.4) is 0 Å². The zero-order valence-electron chi connectivity index (χ0n) is 14.2. The third kappa shape index (κ3) is 2.89. The van der Waals surface area contributed by atoms with E-state index in [0.29, 0.717) is 12.2 Å². The maximum absolute atomic E-state index is 12.7. The molecule has 1 saturated heterocycles. The van der Waals surface area contributed by atoms with Gasteiger partial charge in [0, 0.05) is 12.6 Å². The van der Waals surface area contributed by atoms with E-state index in [1.807, 2.05) is 24.3 Å². The minimum Gasteiger partial charge on any atom is -0.497 e. The molecule has 6 nitrogen and oxygen atoms in total. The summed E-state index contributed by atoms with van der Waals surface area (Å²) in [6.07, 6.45) is 1.58. The first-order valence-electron chi connectivity index (χ1n) is 8.04. The van der Waals surface area contributed by atoms with Crippen molar-refractivity contribution >= 4 is 5.91 Å². The number of carbonyl (C=O) groups excluding carboxylic acids is 1. The summed E-state index contributed by atoms with van der Waals surface area (Å²) in [5.74, 6) is 0.711. The predicted molar refractivity (Wildman–Crippen MR) is 87.9 cm³/mol. The Hall–Kier alpha value is -2.34. The molecule has 2 aromatic rings. The van der Waals surface area contributed by atoms with E-state index in [2.05, 4.69) is 5.16 Å². The lowest BCUT2D eigenvalue weighted by Crippen LogP contribution is -2.48. The number of aromatic nitrogens is 1. The second kappa shape index (κ2) is 6.28. The summed E-state index contributed by atoms with van der Waals surface area (Å²) in [6, 6.07) is 8.59. The van der Waals surface area contributed by atoms with Gasteiger partial charge in [-0.1, -0.05) is 17.3 Å². The second-order valence-corrected chi connectivity index (χ2v) is 6.37. The molecular weight excluding hydrogens is 308 g/mol. The van der Waals surface area contributed by atoms with Crippen LogP contribution in [0.2, 0.25) is 0 Å². The molecule has 0 aliphatic carbocycles. The number of likely N-dealkylation sites (tertiary alicyclic amines) is 1. The van der Waals surface area contributed by atoms with E-state index in [1.165, 1.54) is 0 Å². The van der Waals surface area contributed by atoms with Gasteiger partial charge in [-0.05, 0) is 44.4 Å². The van der Waals surface area contributed by atoms with E-state index >= 15 is 0 Å². The number of carbonyl (C=O) groups is 1. The van der Waals surface area contributed by atoms with Crippen molar-refractivity contribution in [3.8, 4) is 5.75 Å². The third-order valence-electron chi connectivity index (χ3n) is 4.68. The molecular formula is C18H22N2O4. The Kier molecular flexibility index (Phi) is 4.32. The Labute approximate surface area is 141 Å². The quantitative estimate of drug-likeness (QED) is 0.932. The van der Waals surface area contributed by atoms with Crippen molar-refractivity contribution in [3.05, 3.63) is 47.3 Å². The normalized spacial score (nSPS) is 20.0. The molecule has 0 unspecified atom stereocenters. The van der Waals surface area contributed by atoms with Crippen molar-refractivity contribution in [3.63, 3.8) is 0 Å². The third-order valence-corrected chi connectivity index (χ3v) is 4.68. The van der Waals surface area contributed by atoms with Gasteiger partial charge in [0.15, 0.2) is 0 Å². The molecule has 2 atom stereocenters. The lowest BCUT2D eigenvalue weighted by molar-refractivity contribution is -0.0187. The van der Waals surface area contributed by atoms with E-state index in [1.54, 1.807) is 31.9 Å². The van der Waals surface area contributed by atoms with Gasteiger partial charge in [-0.2, -0.15) is 0 Å². The van der Waals surface area contributed by atoms with Gasteiger partial charge < -0.3 is 19.3 Å². The van der Waals surface area contributed by atoms with Crippen LogP contribution in [0.15, 0.2) is 34.9 Å². The fraction of sp³-hybridized carbons (Fsp3) is 0.444. The van der Waals surface area contributed by atoms with Gasteiger partial charge in [-0.15, -0.1) is 0 Å². The van der Waals surface area contributed by atoms with Gasteiger partial charge in [0.2, 0.25) is 5.76 Å². The number of aryl methyl sites for hydroxylation is 1. The van der Waals surface area contributed by atoms with Crippen LogP contribution in [0.4, 0.5) is 0 Å². The number of ether oxygens (including phenoxy) is 1. The van der Waals surface area contributed by atoms with Crippen molar-refractivity contribution in [1.82, 2.24) is 10.1 Å². The second-order valence-electron chi connectivity index (χ2n) is 6.37. The lowest BCUT2D eigenvalue weighted by Gasteiger charge is -2.36. The first-order chi connectivity index (χ1) is 11.4. The molecule has 1 aliphatic rings. The van der Waals surface area contributed by atoms with Gasteiger partial charge in [0.1, 0.15) is 11.4 Å². The molecule has 6 heteroatoms. The van der Waals surface area contributed by atoms with Crippen LogP contribution < -0.4 is 4.74 Å². The molecule has 0 saturated carbocycles. The number of benzene rings is 1. The fourth-order valence-corrected chi connectivity index (χ4v) is 3.32. The number of rotatable bonds is 4.